The summed E-state index contributed by atoms with van der Waals surface area (Å²) < 4.78 is 12.7. The summed E-state index contributed by atoms with van der Waals surface area (Å²) in [5.74, 6) is 0.231. The molecular formula is C22H20N2O4S2. The van der Waals surface area contributed by atoms with E-state index in [2.05, 4.69) is 4.99 Å². The lowest BCUT2D eigenvalue weighted by atomic mass is 9.96. The quantitative estimate of drug-likeness (QED) is 0.572. The Morgan fingerprint density at radius 1 is 1.27 bits per heavy atom. The van der Waals surface area contributed by atoms with Gasteiger partial charge in [-0.25, -0.2) is 9.79 Å². The topological polar surface area (TPSA) is 69.9 Å². The van der Waals surface area contributed by atoms with Crippen LogP contribution in [-0.4, -0.2) is 24.3 Å². The van der Waals surface area contributed by atoms with Crippen LogP contribution in [0.1, 0.15) is 30.3 Å². The number of carbonyl (C=O) groups excluding carboxylic acids is 1. The summed E-state index contributed by atoms with van der Waals surface area (Å²) in [5, 5.41) is 1.96. The first kappa shape index (κ1) is 20.3. The summed E-state index contributed by atoms with van der Waals surface area (Å²) in [5.41, 5.74) is 1.51. The molecule has 0 saturated heterocycles. The first-order valence-corrected chi connectivity index (χ1v) is 11.1. The molecule has 1 atom stereocenters. The van der Waals surface area contributed by atoms with Gasteiger partial charge in [0.1, 0.15) is 5.75 Å². The molecule has 0 saturated carbocycles. The van der Waals surface area contributed by atoms with E-state index in [9.17, 15) is 9.59 Å². The summed E-state index contributed by atoms with van der Waals surface area (Å²) >= 11 is 2.88. The van der Waals surface area contributed by atoms with Crippen molar-refractivity contribution in [3.05, 3.63) is 83.2 Å². The predicted octanol–water partition coefficient (Wildman–Crippen LogP) is 2.87. The van der Waals surface area contributed by atoms with Gasteiger partial charge < -0.3 is 9.47 Å². The molecule has 154 valence electrons. The van der Waals surface area contributed by atoms with Gasteiger partial charge in [-0.15, -0.1) is 11.3 Å². The first-order chi connectivity index (χ1) is 14.5. The number of hydrogen-bond acceptors (Lipinski definition) is 7. The van der Waals surface area contributed by atoms with Crippen molar-refractivity contribution >= 4 is 34.7 Å². The molecule has 6 nitrogen and oxygen atoms in total. The zero-order valence-electron chi connectivity index (χ0n) is 16.7. The van der Waals surface area contributed by atoms with Crippen LogP contribution in [0.25, 0.3) is 6.08 Å². The van der Waals surface area contributed by atoms with Gasteiger partial charge in [0.15, 0.2) is 4.80 Å². The average Bonchev–Trinajstić information content (AvgIpc) is 3.36. The predicted molar refractivity (Wildman–Crippen MR) is 118 cm³/mol. The molecule has 1 unspecified atom stereocenters. The van der Waals surface area contributed by atoms with Crippen LogP contribution in [0.15, 0.2) is 62.8 Å². The standard InChI is InChI=1S/C22H20N2O4S2/c1-4-28-15-9-7-14(8-10-15)19-18(21(26)27-3)13(2)23-22-24(19)20(25)17(30-22)12-16-6-5-11-29-16/h5-12,19H,4H2,1-3H3. The van der Waals surface area contributed by atoms with Crippen molar-refractivity contribution < 1.29 is 14.3 Å². The monoisotopic (exact) mass is 440 g/mol. The Bertz CT molecular complexity index is 1280. The SMILES string of the molecule is CCOc1ccc(C2C(C(=O)OC)=C(C)N=c3sc(=Cc4cccs4)c(=O)n32)cc1. The van der Waals surface area contributed by atoms with E-state index in [0.717, 1.165) is 16.2 Å². The Labute approximate surface area is 181 Å². The summed E-state index contributed by atoms with van der Waals surface area (Å²) in [6, 6.07) is 10.7. The molecule has 1 aliphatic heterocycles. The molecule has 0 amide bonds. The number of allylic oxidation sites excluding steroid dienone is 1. The third-order valence-electron chi connectivity index (χ3n) is 4.75. The van der Waals surface area contributed by atoms with Gasteiger partial charge in [-0.2, -0.15) is 0 Å². The molecule has 0 aliphatic carbocycles. The Morgan fingerprint density at radius 3 is 2.67 bits per heavy atom. The highest BCUT2D eigenvalue weighted by molar-refractivity contribution is 7.11. The number of thiazole rings is 1. The van der Waals surface area contributed by atoms with Gasteiger partial charge in [-0.1, -0.05) is 29.5 Å². The fourth-order valence-corrected chi connectivity index (χ4v) is 5.19. The molecule has 4 rings (SSSR count). The molecule has 30 heavy (non-hydrogen) atoms. The summed E-state index contributed by atoms with van der Waals surface area (Å²) in [4.78, 5) is 32.1. The van der Waals surface area contributed by atoms with Gasteiger partial charge in [0.25, 0.3) is 5.56 Å². The van der Waals surface area contributed by atoms with E-state index in [1.807, 2.05) is 54.8 Å². The molecule has 3 aromatic rings. The highest BCUT2D eigenvalue weighted by Crippen LogP contribution is 2.31. The second kappa shape index (κ2) is 8.41. The Balaban J connectivity index is 1.93. The molecule has 2 aromatic heterocycles. The molecule has 0 N–H and O–H groups in total. The van der Waals surface area contributed by atoms with Crippen LogP contribution in [0.3, 0.4) is 0 Å². The van der Waals surface area contributed by atoms with E-state index >= 15 is 0 Å². The number of rotatable bonds is 5. The molecule has 1 aliphatic rings. The van der Waals surface area contributed by atoms with Gasteiger partial charge in [-0.3, -0.25) is 9.36 Å². The normalized spacial score (nSPS) is 16.2. The number of methoxy groups -OCH3 is 1. The summed E-state index contributed by atoms with van der Waals surface area (Å²) in [7, 11) is 1.33. The molecule has 0 fully saturated rings. The Hall–Kier alpha value is -2.97. The van der Waals surface area contributed by atoms with Crippen molar-refractivity contribution in [3.8, 4) is 5.75 Å². The largest absolute Gasteiger partial charge is 0.494 e. The summed E-state index contributed by atoms with van der Waals surface area (Å²) in [6.07, 6.45) is 1.86. The highest BCUT2D eigenvalue weighted by atomic mass is 32.1. The van der Waals surface area contributed by atoms with Crippen LogP contribution < -0.4 is 19.6 Å². The van der Waals surface area contributed by atoms with E-state index in [1.54, 1.807) is 22.8 Å². The fraction of sp³-hybridized carbons (Fsp3) is 0.227. The van der Waals surface area contributed by atoms with Crippen LogP contribution in [0.5, 0.6) is 5.75 Å². The van der Waals surface area contributed by atoms with Crippen LogP contribution in [0, 0.1) is 0 Å². The van der Waals surface area contributed by atoms with Crippen LogP contribution >= 0.6 is 22.7 Å². The molecule has 0 spiro atoms. The molecular weight excluding hydrogens is 420 g/mol. The van der Waals surface area contributed by atoms with E-state index in [4.69, 9.17) is 9.47 Å². The lowest BCUT2D eigenvalue weighted by molar-refractivity contribution is -0.136. The number of nitrogens with zero attached hydrogens (tertiary/aromatic N) is 2. The van der Waals surface area contributed by atoms with Gasteiger partial charge in [-0.05, 0) is 49.1 Å². The van der Waals surface area contributed by atoms with Crippen molar-refractivity contribution in [2.75, 3.05) is 13.7 Å². The number of thiophene rings is 1. The van der Waals surface area contributed by atoms with Gasteiger partial charge in [0.2, 0.25) is 0 Å². The van der Waals surface area contributed by atoms with Gasteiger partial charge >= 0.3 is 5.97 Å². The Morgan fingerprint density at radius 2 is 2.03 bits per heavy atom. The maximum absolute atomic E-state index is 13.3. The zero-order valence-corrected chi connectivity index (χ0v) is 18.4. The Kier molecular flexibility index (Phi) is 5.69. The number of fused-ring (bicyclic) bond motifs is 1. The van der Waals surface area contributed by atoms with E-state index < -0.39 is 12.0 Å². The zero-order chi connectivity index (χ0) is 21.3. The minimum atomic E-state index is -0.616. The molecule has 0 bridgehead atoms. The summed E-state index contributed by atoms with van der Waals surface area (Å²) in [6.45, 7) is 4.25. The third-order valence-corrected chi connectivity index (χ3v) is 6.55. The second-order valence-corrected chi connectivity index (χ2v) is 8.58. The first-order valence-electron chi connectivity index (χ1n) is 9.40. The van der Waals surface area contributed by atoms with E-state index in [0.29, 0.717) is 27.2 Å². The minimum absolute atomic E-state index is 0.181. The third kappa shape index (κ3) is 3.64. The van der Waals surface area contributed by atoms with E-state index in [1.165, 1.54) is 18.4 Å². The van der Waals surface area contributed by atoms with Crippen molar-refractivity contribution in [1.82, 2.24) is 4.57 Å². The average molecular weight is 441 g/mol. The van der Waals surface area contributed by atoms with Crippen molar-refractivity contribution in [3.63, 3.8) is 0 Å². The second-order valence-electron chi connectivity index (χ2n) is 6.59. The van der Waals surface area contributed by atoms with Gasteiger partial charge in [0, 0.05) is 4.88 Å². The van der Waals surface area contributed by atoms with Crippen molar-refractivity contribution in [2.45, 2.75) is 19.9 Å². The molecule has 3 heterocycles. The highest BCUT2D eigenvalue weighted by Gasteiger charge is 2.33. The molecule has 0 radical (unpaired) electrons. The smallest absolute Gasteiger partial charge is 0.338 e. The minimum Gasteiger partial charge on any atom is -0.494 e. The number of aromatic nitrogens is 1. The number of benzene rings is 1. The van der Waals surface area contributed by atoms with Crippen LogP contribution in [-0.2, 0) is 9.53 Å². The van der Waals surface area contributed by atoms with E-state index in [-0.39, 0.29) is 5.56 Å². The lowest BCUT2D eigenvalue weighted by Gasteiger charge is -2.24. The van der Waals surface area contributed by atoms with Crippen LogP contribution in [0.4, 0.5) is 0 Å². The number of ether oxygens (including phenoxy) is 2. The maximum atomic E-state index is 13.3. The lowest BCUT2D eigenvalue weighted by Crippen LogP contribution is -2.39. The van der Waals surface area contributed by atoms with Crippen molar-refractivity contribution in [1.29, 1.82) is 0 Å². The fourth-order valence-electron chi connectivity index (χ4n) is 3.42. The number of esters is 1. The molecule has 1 aromatic carbocycles. The number of carbonyl (C=O) groups is 1. The maximum Gasteiger partial charge on any atom is 0.338 e. The molecule has 8 heteroatoms. The van der Waals surface area contributed by atoms with Gasteiger partial charge in [0.05, 0.1) is 35.6 Å². The van der Waals surface area contributed by atoms with Crippen LogP contribution in [0.2, 0.25) is 0 Å². The number of hydrogen-bond donors (Lipinski definition) is 0. The van der Waals surface area contributed by atoms with Crippen molar-refractivity contribution in [2.24, 2.45) is 4.99 Å².